The van der Waals surface area contributed by atoms with E-state index >= 15 is 0 Å². The van der Waals surface area contributed by atoms with E-state index in [1.807, 2.05) is 21.1 Å². The van der Waals surface area contributed by atoms with Gasteiger partial charge in [0.05, 0.1) is 34.4 Å². The molecule has 0 fully saturated rings. The van der Waals surface area contributed by atoms with E-state index in [-0.39, 0.29) is 25.8 Å². The van der Waals surface area contributed by atoms with Gasteiger partial charge in [-0.1, -0.05) is 205 Å². The predicted octanol–water partition coefficient (Wildman–Crippen LogP) is 14.5. The van der Waals surface area contributed by atoms with E-state index in [1.165, 1.54) is 154 Å². The number of esters is 1. The standard InChI is InChI=1S/C50H98NO7P/c1-6-8-10-12-14-16-18-20-22-24-25-26-27-28-30-32-34-36-38-40-42-45-55-47-49(48-57-59(53,54)56-46-44-51(3,4)5)58-50(52)43-41-39-37-35-33-31-29-23-21-19-17-15-13-11-9-7-2/h17,19,23,29,49H,6-16,18,20-22,24-28,30-48H2,1-5H3/b19-17-,29-23-. The van der Waals surface area contributed by atoms with Crippen molar-refractivity contribution >= 4 is 13.8 Å². The molecule has 0 heterocycles. The molecule has 0 radical (unpaired) electrons. The van der Waals surface area contributed by atoms with Gasteiger partial charge in [-0.2, -0.15) is 0 Å². The third kappa shape index (κ3) is 47.9. The number of hydrogen-bond acceptors (Lipinski definition) is 7. The molecule has 59 heavy (non-hydrogen) atoms. The second-order valence-electron chi connectivity index (χ2n) is 18.2. The first-order valence-electron chi connectivity index (χ1n) is 25.1. The Kier molecular flexibility index (Phi) is 42.9. The number of carbonyl (C=O) groups excluding carboxylic acids is 1. The minimum atomic E-state index is -4.53. The Hall–Kier alpha value is -1.02. The highest BCUT2D eigenvalue weighted by Gasteiger charge is 2.20. The first kappa shape index (κ1) is 58.0. The number of quaternary nitrogens is 1. The fourth-order valence-corrected chi connectivity index (χ4v) is 7.84. The Bertz CT molecular complexity index is 998. The molecule has 0 saturated carbocycles. The summed E-state index contributed by atoms with van der Waals surface area (Å²) >= 11 is 0. The van der Waals surface area contributed by atoms with Crippen molar-refractivity contribution in [3.63, 3.8) is 0 Å². The summed E-state index contributed by atoms with van der Waals surface area (Å²) in [5.74, 6) is -0.343. The lowest BCUT2D eigenvalue weighted by Crippen LogP contribution is -2.37. The van der Waals surface area contributed by atoms with Crippen LogP contribution in [0.25, 0.3) is 0 Å². The number of phosphoric acid groups is 1. The van der Waals surface area contributed by atoms with Crippen LogP contribution in [0.15, 0.2) is 24.3 Å². The van der Waals surface area contributed by atoms with E-state index in [0.29, 0.717) is 24.1 Å². The lowest BCUT2D eigenvalue weighted by Gasteiger charge is -2.28. The van der Waals surface area contributed by atoms with Gasteiger partial charge in [0.1, 0.15) is 19.3 Å². The van der Waals surface area contributed by atoms with Gasteiger partial charge in [-0.15, -0.1) is 0 Å². The van der Waals surface area contributed by atoms with Crippen molar-refractivity contribution in [1.82, 2.24) is 0 Å². The minimum absolute atomic E-state index is 0.0254. The van der Waals surface area contributed by atoms with Gasteiger partial charge in [-0.3, -0.25) is 9.36 Å². The average Bonchev–Trinajstić information content (AvgIpc) is 3.19. The zero-order valence-electron chi connectivity index (χ0n) is 39.7. The third-order valence-electron chi connectivity index (χ3n) is 11.0. The average molecular weight is 856 g/mol. The van der Waals surface area contributed by atoms with Crippen LogP contribution in [0.4, 0.5) is 0 Å². The number of likely N-dealkylation sites (N-methyl/N-ethyl adjacent to an activating group) is 1. The van der Waals surface area contributed by atoms with E-state index in [0.717, 1.165) is 57.8 Å². The van der Waals surface area contributed by atoms with Gasteiger partial charge in [0, 0.05) is 13.0 Å². The maximum atomic E-state index is 12.7. The largest absolute Gasteiger partial charge is 0.756 e. The van der Waals surface area contributed by atoms with Crippen LogP contribution in [-0.4, -0.2) is 70.7 Å². The summed E-state index contributed by atoms with van der Waals surface area (Å²) in [4.78, 5) is 25.1. The summed E-state index contributed by atoms with van der Waals surface area (Å²) in [7, 11) is 1.36. The van der Waals surface area contributed by atoms with Crippen LogP contribution in [0.5, 0.6) is 0 Å². The van der Waals surface area contributed by atoms with Gasteiger partial charge < -0.3 is 27.9 Å². The Labute approximate surface area is 366 Å². The molecule has 2 atom stereocenters. The summed E-state index contributed by atoms with van der Waals surface area (Å²) < 4.78 is 34.7. The van der Waals surface area contributed by atoms with Crippen molar-refractivity contribution in [1.29, 1.82) is 0 Å². The maximum Gasteiger partial charge on any atom is 0.306 e. The van der Waals surface area contributed by atoms with Crippen molar-refractivity contribution < 1.29 is 37.3 Å². The smallest absolute Gasteiger partial charge is 0.306 e. The van der Waals surface area contributed by atoms with Gasteiger partial charge in [0.25, 0.3) is 7.82 Å². The van der Waals surface area contributed by atoms with Crippen molar-refractivity contribution in [2.45, 2.75) is 238 Å². The SMILES string of the molecule is CCCCCC/C=C\C/C=C\CCCCCCCC(=O)OC(COCCCCCCCCCCCCCCCCCCCCCCC)COP(=O)([O-])OCC[N+](C)(C)C. The summed E-state index contributed by atoms with van der Waals surface area (Å²) in [6.45, 7) is 5.42. The molecule has 2 unspecified atom stereocenters. The molecule has 0 amide bonds. The quantitative estimate of drug-likeness (QED) is 0.0198. The third-order valence-corrected chi connectivity index (χ3v) is 12.0. The predicted molar refractivity (Wildman–Crippen MR) is 250 cm³/mol. The molecule has 0 aromatic heterocycles. The first-order chi connectivity index (χ1) is 28.6. The van der Waals surface area contributed by atoms with E-state index in [4.69, 9.17) is 18.5 Å². The number of nitrogens with zero attached hydrogens (tertiary/aromatic N) is 1. The van der Waals surface area contributed by atoms with Crippen molar-refractivity contribution in [2.24, 2.45) is 0 Å². The maximum absolute atomic E-state index is 12.7. The number of ether oxygens (including phenoxy) is 2. The normalized spacial score (nSPS) is 13.8. The Morgan fingerprint density at radius 1 is 0.525 bits per heavy atom. The fraction of sp³-hybridized carbons (Fsp3) is 0.900. The Morgan fingerprint density at radius 2 is 0.932 bits per heavy atom. The molecule has 0 spiro atoms. The zero-order valence-corrected chi connectivity index (χ0v) is 40.6. The molecule has 8 nitrogen and oxygen atoms in total. The van der Waals surface area contributed by atoms with Gasteiger partial charge in [-0.05, 0) is 44.9 Å². The summed E-state index contributed by atoms with van der Waals surface area (Å²) in [6, 6.07) is 0. The van der Waals surface area contributed by atoms with Crippen LogP contribution in [0.3, 0.4) is 0 Å². The van der Waals surface area contributed by atoms with Gasteiger partial charge in [0.15, 0.2) is 0 Å². The molecule has 0 saturated heterocycles. The molecule has 0 N–H and O–H groups in total. The van der Waals surface area contributed by atoms with E-state index in [9.17, 15) is 14.3 Å². The Balaban J connectivity index is 4.13. The number of carbonyl (C=O) groups is 1. The fourth-order valence-electron chi connectivity index (χ4n) is 7.11. The van der Waals surface area contributed by atoms with Gasteiger partial charge >= 0.3 is 5.97 Å². The molecule has 0 aliphatic carbocycles. The number of phosphoric ester groups is 1. The minimum Gasteiger partial charge on any atom is -0.756 e. The second kappa shape index (κ2) is 43.6. The summed E-state index contributed by atoms with van der Waals surface area (Å²) in [6.07, 6.45) is 50.5. The van der Waals surface area contributed by atoms with Crippen LogP contribution in [-0.2, 0) is 27.9 Å². The molecule has 0 bridgehead atoms. The van der Waals surface area contributed by atoms with Crippen molar-refractivity contribution in [3.05, 3.63) is 24.3 Å². The summed E-state index contributed by atoms with van der Waals surface area (Å²) in [5, 5.41) is 0. The molecule has 0 aliphatic rings. The molecular weight excluding hydrogens is 758 g/mol. The van der Waals surface area contributed by atoms with Crippen LogP contribution in [0.2, 0.25) is 0 Å². The molecule has 0 aliphatic heterocycles. The van der Waals surface area contributed by atoms with E-state index in [1.54, 1.807) is 0 Å². The monoisotopic (exact) mass is 856 g/mol. The lowest BCUT2D eigenvalue weighted by molar-refractivity contribution is -0.870. The molecule has 0 aromatic rings. The van der Waals surface area contributed by atoms with E-state index < -0.39 is 13.9 Å². The molecule has 350 valence electrons. The number of unbranched alkanes of at least 4 members (excludes halogenated alkanes) is 29. The summed E-state index contributed by atoms with van der Waals surface area (Å²) in [5.41, 5.74) is 0. The number of hydrogen-bond donors (Lipinski definition) is 0. The highest BCUT2D eigenvalue weighted by molar-refractivity contribution is 7.45. The van der Waals surface area contributed by atoms with Crippen LogP contribution in [0, 0.1) is 0 Å². The molecule has 0 rings (SSSR count). The second-order valence-corrected chi connectivity index (χ2v) is 19.6. The topological polar surface area (TPSA) is 94.1 Å². The number of rotatable bonds is 47. The lowest BCUT2D eigenvalue weighted by atomic mass is 10.0. The van der Waals surface area contributed by atoms with Crippen LogP contribution >= 0.6 is 7.82 Å². The van der Waals surface area contributed by atoms with Crippen molar-refractivity contribution in [2.75, 3.05) is 54.1 Å². The zero-order chi connectivity index (χ0) is 43.4. The molecule has 9 heteroatoms. The van der Waals surface area contributed by atoms with Crippen molar-refractivity contribution in [3.8, 4) is 0 Å². The number of allylic oxidation sites excluding steroid dienone is 4. The first-order valence-corrected chi connectivity index (χ1v) is 26.5. The van der Waals surface area contributed by atoms with Crippen LogP contribution in [0.1, 0.15) is 232 Å². The van der Waals surface area contributed by atoms with Gasteiger partial charge in [-0.25, -0.2) is 0 Å². The highest BCUT2D eigenvalue weighted by Crippen LogP contribution is 2.38. The van der Waals surface area contributed by atoms with E-state index in [2.05, 4.69) is 38.2 Å². The molecule has 0 aromatic carbocycles. The molecular formula is C50H98NO7P. The Morgan fingerprint density at radius 3 is 1.39 bits per heavy atom. The highest BCUT2D eigenvalue weighted by atomic mass is 31.2. The van der Waals surface area contributed by atoms with Crippen LogP contribution < -0.4 is 4.89 Å². The van der Waals surface area contributed by atoms with Gasteiger partial charge in [0.2, 0.25) is 0 Å².